The Hall–Kier alpha value is -0.770. The second-order valence-electron chi connectivity index (χ2n) is 5.15. The van der Waals surface area contributed by atoms with Crippen molar-refractivity contribution >= 4 is 17.3 Å². The molecule has 0 bridgehead atoms. The lowest BCUT2D eigenvalue weighted by Crippen LogP contribution is -2.48. The first-order valence-electron chi connectivity index (χ1n) is 6.55. The fourth-order valence-corrected chi connectivity index (χ4v) is 2.96. The zero-order valence-corrected chi connectivity index (χ0v) is 11.9. The summed E-state index contributed by atoms with van der Waals surface area (Å²) in [7, 11) is 2.16. The van der Waals surface area contributed by atoms with E-state index in [9.17, 15) is 0 Å². The number of hydrogen-bond acceptors (Lipinski definition) is 3. The van der Waals surface area contributed by atoms with E-state index in [2.05, 4.69) is 29.8 Å². The van der Waals surface area contributed by atoms with Gasteiger partial charge in [0.15, 0.2) is 0 Å². The van der Waals surface area contributed by atoms with Gasteiger partial charge >= 0.3 is 0 Å². The Morgan fingerprint density at radius 1 is 1.39 bits per heavy atom. The van der Waals surface area contributed by atoms with E-state index in [4.69, 9.17) is 17.3 Å². The molecule has 3 nitrogen and oxygen atoms in total. The van der Waals surface area contributed by atoms with Gasteiger partial charge in [-0.25, -0.2) is 0 Å². The molecule has 1 aliphatic rings. The highest BCUT2D eigenvalue weighted by molar-refractivity contribution is 6.33. The van der Waals surface area contributed by atoms with Gasteiger partial charge in [-0.2, -0.15) is 0 Å². The minimum absolute atomic E-state index is 0.326. The molecule has 18 heavy (non-hydrogen) atoms. The molecule has 0 radical (unpaired) electrons. The number of benzene rings is 1. The fraction of sp³-hybridized carbons (Fsp3) is 0.571. The molecule has 2 unspecified atom stereocenters. The summed E-state index contributed by atoms with van der Waals surface area (Å²) < 4.78 is 0. The van der Waals surface area contributed by atoms with Crippen LogP contribution in [0.25, 0.3) is 0 Å². The number of para-hydroxylation sites is 1. The Balaban J connectivity index is 2.34. The summed E-state index contributed by atoms with van der Waals surface area (Å²) in [6.07, 6.45) is 1.14. The molecule has 1 aromatic rings. The van der Waals surface area contributed by atoms with Crippen molar-refractivity contribution in [2.45, 2.75) is 25.4 Å². The summed E-state index contributed by atoms with van der Waals surface area (Å²) in [4.78, 5) is 4.75. The van der Waals surface area contributed by atoms with Crippen molar-refractivity contribution in [3.63, 3.8) is 0 Å². The monoisotopic (exact) mass is 267 g/mol. The molecule has 1 aliphatic heterocycles. The van der Waals surface area contributed by atoms with E-state index < -0.39 is 0 Å². The van der Waals surface area contributed by atoms with E-state index in [-0.39, 0.29) is 0 Å². The Morgan fingerprint density at radius 3 is 2.78 bits per heavy atom. The third kappa shape index (κ3) is 2.79. The molecule has 1 saturated heterocycles. The first-order chi connectivity index (χ1) is 8.63. The molecule has 0 amide bonds. The molecular weight excluding hydrogens is 246 g/mol. The van der Waals surface area contributed by atoms with Crippen molar-refractivity contribution < 1.29 is 0 Å². The predicted octanol–water partition coefficient (Wildman–Crippen LogP) is 2.20. The molecule has 0 aliphatic carbocycles. The quantitative estimate of drug-likeness (QED) is 0.892. The Labute approximate surface area is 115 Å². The topological polar surface area (TPSA) is 32.5 Å². The van der Waals surface area contributed by atoms with Gasteiger partial charge in [0.1, 0.15) is 0 Å². The minimum atomic E-state index is 0.326. The number of rotatable bonds is 2. The van der Waals surface area contributed by atoms with Crippen molar-refractivity contribution in [1.82, 2.24) is 4.90 Å². The van der Waals surface area contributed by atoms with Crippen molar-refractivity contribution in [3.05, 3.63) is 29.3 Å². The molecule has 0 saturated carbocycles. The van der Waals surface area contributed by atoms with Crippen LogP contribution in [0.3, 0.4) is 0 Å². The van der Waals surface area contributed by atoms with Gasteiger partial charge in [-0.3, -0.25) is 0 Å². The molecule has 1 fully saturated rings. The van der Waals surface area contributed by atoms with Crippen molar-refractivity contribution in [3.8, 4) is 0 Å². The van der Waals surface area contributed by atoms with Crippen LogP contribution in [0.1, 0.15) is 13.3 Å². The molecule has 1 heterocycles. The molecule has 2 rings (SSSR count). The first kappa shape index (κ1) is 13.7. The normalized spacial score (nSPS) is 26.1. The number of nitrogens with zero attached hydrogens (tertiary/aromatic N) is 2. The van der Waals surface area contributed by atoms with Gasteiger partial charge in [-0.15, -0.1) is 0 Å². The van der Waals surface area contributed by atoms with Crippen LogP contribution in [-0.4, -0.2) is 43.7 Å². The summed E-state index contributed by atoms with van der Waals surface area (Å²) >= 11 is 6.34. The molecule has 2 N–H and O–H groups in total. The Morgan fingerprint density at radius 2 is 2.11 bits per heavy atom. The summed E-state index contributed by atoms with van der Waals surface area (Å²) in [5.41, 5.74) is 7.07. The highest BCUT2D eigenvalue weighted by Crippen LogP contribution is 2.30. The first-order valence-corrected chi connectivity index (χ1v) is 6.92. The van der Waals surface area contributed by atoms with E-state index in [1.807, 2.05) is 18.2 Å². The molecule has 2 atom stereocenters. The summed E-state index contributed by atoms with van der Waals surface area (Å²) in [6.45, 7) is 5.01. The Kier molecular flexibility index (Phi) is 4.49. The van der Waals surface area contributed by atoms with Crippen molar-refractivity contribution in [1.29, 1.82) is 0 Å². The predicted molar refractivity (Wildman–Crippen MR) is 78.3 cm³/mol. The summed E-state index contributed by atoms with van der Waals surface area (Å²) in [5.74, 6) is 0. The minimum Gasteiger partial charge on any atom is -0.362 e. The van der Waals surface area contributed by atoms with Crippen LogP contribution < -0.4 is 10.6 Å². The molecule has 4 heteroatoms. The molecule has 100 valence electrons. The number of nitrogens with two attached hydrogens (primary N) is 1. The molecule has 0 aromatic heterocycles. The van der Waals surface area contributed by atoms with Gasteiger partial charge in [0, 0.05) is 19.1 Å². The van der Waals surface area contributed by atoms with E-state index in [0.29, 0.717) is 18.6 Å². The van der Waals surface area contributed by atoms with E-state index in [1.54, 1.807) is 0 Å². The maximum Gasteiger partial charge on any atom is 0.0639 e. The van der Waals surface area contributed by atoms with Gasteiger partial charge in [0.25, 0.3) is 0 Å². The number of halogens is 1. The van der Waals surface area contributed by atoms with Crippen LogP contribution in [0.5, 0.6) is 0 Å². The average Bonchev–Trinajstić information content (AvgIpc) is 2.50. The van der Waals surface area contributed by atoms with Crippen molar-refractivity contribution in [2.24, 2.45) is 5.73 Å². The largest absolute Gasteiger partial charge is 0.362 e. The SMILES string of the molecule is CC1CCN(C)CC(CN)N1c1ccccc1Cl. The van der Waals surface area contributed by atoms with Crippen LogP contribution in [0, 0.1) is 0 Å². The third-order valence-corrected chi connectivity index (χ3v) is 4.04. The maximum atomic E-state index is 6.34. The molecule has 0 spiro atoms. The summed E-state index contributed by atoms with van der Waals surface area (Å²) in [6, 6.07) is 8.84. The van der Waals surface area contributed by atoms with Crippen LogP contribution in [0.2, 0.25) is 5.02 Å². The van der Waals surface area contributed by atoms with Crippen LogP contribution in [-0.2, 0) is 0 Å². The lowest BCUT2D eigenvalue weighted by molar-refractivity contribution is 0.332. The second-order valence-corrected chi connectivity index (χ2v) is 5.56. The fourth-order valence-electron chi connectivity index (χ4n) is 2.73. The van der Waals surface area contributed by atoms with Gasteiger partial charge in [-0.1, -0.05) is 23.7 Å². The highest BCUT2D eigenvalue weighted by Gasteiger charge is 2.28. The van der Waals surface area contributed by atoms with Crippen molar-refractivity contribution in [2.75, 3.05) is 31.6 Å². The van der Waals surface area contributed by atoms with Crippen LogP contribution >= 0.6 is 11.6 Å². The second kappa shape index (κ2) is 5.91. The zero-order valence-electron chi connectivity index (χ0n) is 11.1. The standard InChI is InChI=1S/C14H22ClN3/c1-11-7-8-17(2)10-12(9-16)18(11)14-6-4-3-5-13(14)15/h3-6,11-12H,7-10,16H2,1-2H3. The Bertz CT molecular complexity index is 396. The van der Waals surface area contributed by atoms with Gasteiger partial charge < -0.3 is 15.5 Å². The van der Waals surface area contributed by atoms with Gasteiger partial charge in [-0.05, 0) is 39.1 Å². The molecule has 1 aromatic carbocycles. The van der Waals surface area contributed by atoms with Gasteiger partial charge in [0.2, 0.25) is 0 Å². The van der Waals surface area contributed by atoms with E-state index in [0.717, 1.165) is 30.2 Å². The maximum absolute atomic E-state index is 6.34. The smallest absolute Gasteiger partial charge is 0.0639 e. The summed E-state index contributed by atoms with van der Waals surface area (Å²) in [5, 5.41) is 0.812. The van der Waals surface area contributed by atoms with E-state index in [1.165, 1.54) is 0 Å². The molecular formula is C14H22ClN3. The number of hydrogen-bond donors (Lipinski definition) is 1. The van der Waals surface area contributed by atoms with E-state index >= 15 is 0 Å². The lowest BCUT2D eigenvalue weighted by atomic mass is 10.1. The van der Waals surface area contributed by atoms with Crippen LogP contribution in [0.15, 0.2) is 24.3 Å². The number of anilines is 1. The zero-order chi connectivity index (χ0) is 13.1. The van der Waals surface area contributed by atoms with Gasteiger partial charge in [0.05, 0.1) is 16.8 Å². The average molecular weight is 268 g/mol. The third-order valence-electron chi connectivity index (χ3n) is 3.72. The number of likely N-dealkylation sites (N-methyl/N-ethyl adjacent to an activating group) is 1. The highest BCUT2D eigenvalue weighted by atomic mass is 35.5. The lowest BCUT2D eigenvalue weighted by Gasteiger charge is -2.36. The van der Waals surface area contributed by atoms with Crippen LogP contribution in [0.4, 0.5) is 5.69 Å².